The minimum Gasteiger partial charge on any atom is -0.382 e. The van der Waals surface area contributed by atoms with Gasteiger partial charge in [0.1, 0.15) is 0 Å². The molecular formula is C17H28N2O. The van der Waals surface area contributed by atoms with Gasteiger partial charge in [-0.15, -0.1) is 0 Å². The lowest BCUT2D eigenvalue weighted by Crippen LogP contribution is -2.24. The summed E-state index contributed by atoms with van der Waals surface area (Å²) in [5.74, 6) is 0.0857. The summed E-state index contributed by atoms with van der Waals surface area (Å²) < 4.78 is 0. The Morgan fingerprint density at radius 2 is 1.85 bits per heavy atom. The number of unbranched alkanes of at least 4 members (excludes halogenated alkanes) is 1. The number of likely N-dealkylation sites (N-methyl/N-ethyl adjacent to an activating group) is 1. The van der Waals surface area contributed by atoms with E-state index in [9.17, 15) is 4.79 Å². The van der Waals surface area contributed by atoms with Crippen molar-refractivity contribution >= 4 is 11.6 Å². The Morgan fingerprint density at radius 3 is 2.40 bits per heavy atom. The first kappa shape index (κ1) is 16.5. The van der Waals surface area contributed by atoms with Crippen LogP contribution < -0.4 is 10.6 Å². The maximum atomic E-state index is 11.5. The normalized spacial score (nSPS) is 11.9. The summed E-state index contributed by atoms with van der Waals surface area (Å²) in [6.45, 7) is 7.07. The molecular weight excluding hydrogens is 248 g/mol. The molecule has 1 aromatic carbocycles. The van der Waals surface area contributed by atoms with Crippen LogP contribution >= 0.6 is 0 Å². The van der Waals surface area contributed by atoms with E-state index in [-0.39, 0.29) is 5.91 Å². The van der Waals surface area contributed by atoms with Crippen molar-refractivity contribution in [3.8, 4) is 0 Å². The van der Waals surface area contributed by atoms with Gasteiger partial charge in [-0.2, -0.15) is 0 Å². The van der Waals surface area contributed by atoms with Gasteiger partial charge in [0, 0.05) is 18.3 Å². The van der Waals surface area contributed by atoms with E-state index in [4.69, 9.17) is 0 Å². The SMILES string of the molecule is CCCCC(CC)Nc1ccc(CC(=O)NCC)cc1. The van der Waals surface area contributed by atoms with Gasteiger partial charge in [-0.1, -0.05) is 38.8 Å². The highest BCUT2D eigenvalue weighted by Gasteiger charge is 2.06. The summed E-state index contributed by atoms with van der Waals surface area (Å²) in [7, 11) is 0. The van der Waals surface area contributed by atoms with Gasteiger partial charge < -0.3 is 10.6 Å². The maximum absolute atomic E-state index is 11.5. The summed E-state index contributed by atoms with van der Waals surface area (Å²) in [4.78, 5) is 11.5. The van der Waals surface area contributed by atoms with Crippen LogP contribution in [0.2, 0.25) is 0 Å². The van der Waals surface area contributed by atoms with Crippen LogP contribution in [-0.4, -0.2) is 18.5 Å². The number of carbonyl (C=O) groups excluding carboxylic acids is 1. The lowest BCUT2D eigenvalue weighted by atomic mass is 10.1. The molecule has 0 aliphatic rings. The van der Waals surface area contributed by atoms with Gasteiger partial charge in [0.15, 0.2) is 0 Å². The molecule has 3 nitrogen and oxygen atoms in total. The van der Waals surface area contributed by atoms with E-state index in [1.807, 2.05) is 19.1 Å². The summed E-state index contributed by atoms with van der Waals surface area (Å²) >= 11 is 0. The van der Waals surface area contributed by atoms with Crippen molar-refractivity contribution in [2.75, 3.05) is 11.9 Å². The highest BCUT2D eigenvalue weighted by molar-refractivity contribution is 5.78. The quantitative estimate of drug-likeness (QED) is 0.721. The number of anilines is 1. The molecule has 0 fully saturated rings. The Balaban J connectivity index is 2.50. The summed E-state index contributed by atoms with van der Waals surface area (Å²) in [6, 6.07) is 8.75. The lowest BCUT2D eigenvalue weighted by Gasteiger charge is -2.18. The monoisotopic (exact) mass is 276 g/mol. The number of amides is 1. The third-order valence-electron chi connectivity index (χ3n) is 3.46. The largest absolute Gasteiger partial charge is 0.382 e. The maximum Gasteiger partial charge on any atom is 0.224 e. The summed E-state index contributed by atoms with van der Waals surface area (Å²) in [6.07, 6.45) is 5.32. The zero-order valence-electron chi connectivity index (χ0n) is 13.0. The fourth-order valence-electron chi connectivity index (χ4n) is 2.23. The van der Waals surface area contributed by atoms with Crippen molar-refractivity contribution in [1.29, 1.82) is 0 Å². The number of benzene rings is 1. The van der Waals surface area contributed by atoms with Crippen molar-refractivity contribution in [2.45, 2.75) is 58.9 Å². The molecule has 0 aliphatic carbocycles. The minimum atomic E-state index is 0.0857. The van der Waals surface area contributed by atoms with Crippen LogP contribution in [0.1, 0.15) is 52.0 Å². The Hall–Kier alpha value is -1.51. The molecule has 3 heteroatoms. The number of hydrogen-bond acceptors (Lipinski definition) is 2. The molecule has 0 spiro atoms. The van der Waals surface area contributed by atoms with Crippen LogP contribution in [0.4, 0.5) is 5.69 Å². The zero-order chi connectivity index (χ0) is 14.8. The van der Waals surface area contributed by atoms with Gasteiger partial charge in [0.2, 0.25) is 5.91 Å². The van der Waals surface area contributed by atoms with E-state index in [1.165, 1.54) is 19.3 Å². The molecule has 1 aromatic rings. The number of rotatable bonds is 9. The van der Waals surface area contributed by atoms with E-state index >= 15 is 0 Å². The van der Waals surface area contributed by atoms with Crippen molar-refractivity contribution < 1.29 is 4.79 Å². The average molecular weight is 276 g/mol. The predicted molar refractivity (Wildman–Crippen MR) is 86.1 cm³/mol. The van der Waals surface area contributed by atoms with E-state index in [0.717, 1.165) is 17.7 Å². The van der Waals surface area contributed by atoms with Crippen LogP contribution in [0.5, 0.6) is 0 Å². The van der Waals surface area contributed by atoms with Gasteiger partial charge in [-0.3, -0.25) is 4.79 Å². The van der Waals surface area contributed by atoms with Gasteiger partial charge in [-0.25, -0.2) is 0 Å². The van der Waals surface area contributed by atoms with Crippen LogP contribution in [-0.2, 0) is 11.2 Å². The van der Waals surface area contributed by atoms with Crippen LogP contribution in [0.3, 0.4) is 0 Å². The van der Waals surface area contributed by atoms with E-state index in [1.54, 1.807) is 0 Å². The van der Waals surface area contributed by atoms with Gasteiger partial charge in [-0.05, 0) is 37.5 Å². The van der Waals surface area contributed by atoms with Crippen molar-refractivity contribution in [1.82, 2.24) is 5.32 Å². The summed E-state index contributed by atoms with van der Waals surface area (Å²) in [5.41, 5.74) is 2.20. The molecule has 0 saturated carbocycles. The molecule has 0 bridgehead atoms. The fourth-order valence-corrected chi connectivity index (χ4v) is 2.23. The van der Waals surface area contributed by atoms with Gasteiger partial charge in [0.25, 0.3) is 0 Å². The third-order valence-corrected chi connectivity index (χ3v) is 3.46. The van der Waals surface area contributed by atoms with Crippen LogP contribution in [0, 0.1) is 0 Å². The molecule has 0 saturated heterocycles. The molecule has 20 heavy (non-hydrogen) atoms. The van der Waals surface area contributed by atoms with Crippen molar-refractivity contribution in [2.24, 2.45) is 0 Å². The van der Waals surface area contributed by atoms with Gasteiger partial charge >= 0.3 is 0 Å². The van der Waals surface area contributed by atoms with Crippen LogP contribution in [0.15, 0.2) is 24.3 Å². The standard InChI is InChI=1S/C17H28N2O/c1-4-7-8-15(5-2)19-16-11-9-14(10-12-16)13-17(20)18-6-3/h9-12,15,19H,4-8,13H2,1-3H3,(H,18,20). The molecule has 1 unspecified atom stereocenters. The minimum absolute atomic E-state index is 0.0857. The van der Waals surface area contributed by atoms with E-state index in [0.29, 0.717) is 19.0 Å². The smallest absolute Gasteiger partial charge is 0.224 e. The molecule has 1 atom stereocenters. The number of carbonyl (C=O) groups is 1. The third kappa shape index (κ3) is 6.09. The fraction of sp³-hybridized carbons (Fsp3) is 0.588. The predicted octanol–water partition coefficient (Wildman–Crippen LogP) is 3.75. The van der Waals surface area contributed by atoms with Gasteiger partial charge in [0.05, 0.1) is 6.42 Å². The topological polar surface area (TPSA) is 41.1 Å². The molecule has 112 valence electrons. The first-order chi connectivity index (χ1) is 9.69. The van der Waals surface area contributed by atoms with Crippen molar-refractivity contribution in [3.05, 3.63) is 29.8 Å². The van der Waals surface area contributed by atoms with E-state index in [2.05, 4.69) is 36.6 Å². The highest BCUT2D eigenvalue weighted by atomic mass is 16.1. The molecule has 1 rings (SSSR count). The molecule has 0 aliphatic heterocycles. The number of nitrogens with one attached hydrogen (secondary N) is 2. The molecule has 0 heterocycles. The first-order valence-corrected chi connectivity index (χ1v) is 7.81. The Kier molecular flexibility index (Phi) is 7.78. The molecule has 1 amide bonds. The Morgan fingerprint density at radius 1 is 1.15 bits per heavy atom. The number of hydrogen-bond donors (Lipinski definition) is 2. The first-order valence-electron chi connectivity index (χ1n) is 7.81. The van der Waals surface area contributed by atoms with E-state index < -0.39 is 0 Å². The molecule has 0 aromatic heterocycles. The van der Waals surface area contributed by atoms with Crippen molar-refractivity contribution in [3.63, 3.8) is 0 Å². The zero-order valence-corrected chi connectivity index (χ0v) is 13.0. The average Bonchev–Trinajstić information content (AvgIpc) is 2.45. The van der Waals surface area contributed by atoms with Crippen LogP contribution in [0.25, 0.3) is 0 Å². The second-order valence-corrected chi connectivity index (χ2v) is 5.22. The summed E-state index contributed by atoms with van der Waals surface area (Å²) in [5, 5.41) is 6.39. The molecule has 2 N–H and O–H groups in total. The Labute approximate surface area is 123 Å². The second-order valence-electron chi connectivity index (χ2n) is 5.22. The molecule has 0 radical (unpaired) electrons. The Bertz CT molecular complexity index is 386. The highest BCUT2D eigenvalue weighted by Crippen LogP contribution is 2.15. The lowest BCUT2D eigenvalue weighted by molar-refractivity contribution is -0.120. The second kappa shape index (κ2) is 9.40.